The van der Waals surface area contributed by atoms with Crippen LogP contribution in [0.3, 0.4) is 0 Å². The number of pyridine rings is 1. The molecule has 2 aromatic carbocycles. The van der Waals surface area contributed by atoms with Gasteiger partial charge in [-0.25, -0.2) is 18.6 Å². The molecule has 0 radical (unpaired) electrons. The number of carboxylic acid groups (broad SMARTS) is 1. The molecule has 0 bridgehead atoms. The fourth-order valence-electron chi connectivity index (χ4n) is 4.06. The van der Waals surface area contributed by atoms with E-state index < -0.39 is 36.0 Å². The molecule has 0 saturated heterocycles. The van der Waals surface area contributed by atoms with E-state index >= 15 is 0 Å². The number of nitrogens with two attached hydrogens (primary N) is 1. The Balaban J connectivity index is 1.83. The topological polar surface area (TPSA) is 85.4 Å². The van der Waals surface area contributed by atoms with Gasteiger partial charge in [0.15, 0.2) is 0 Å². The lowest BCUT2D eigenvalue weighted by Crippen LogP contribution is -2.09. The number of aromatic nitrogens is 1. The average Bonchev–Trinajstić information content (AvgIpc) is 3.27. The van der Waals surface area contributed by atoms with Crippen LogP contribution in [0.4, 0.5) is 27.6 Å². The predicted octanol–water partition coefficient (Wildman–Crippen LogP) is 6.33. The summed E-state index contributed by atoms with van der Waals surface area (Å²) in [6.45, 7) is -0.589. The molecule has 0 atom stereocenters. The van der Waals surface area contributed by atoms with Crippen molar-refractivity contribution in [3.05, 3.63) is 88.1 Å². The highest BCUT2D eigenvalue weighted by Gasteiger charge is 2.33. The SMILES string of the molecule is Nc1cc(C(=O)O)cc(C2=C(c3cc(C(F)(F)F)cnc3OCc3c(F)cccc3F)CCC2)c1. The van der Waals surface area contributed by atoms with E-state index in [0.29, 0.717) is 42.2 Å². The number of halogens is 5. The summed E-state index contributed by atoms with van der Waals surface area (Å²) in [4.78, 5) is 15.3. The highest BCUT2D eigenvalue weighted by atomic mass is 19.4. The third-order valence-electron chi connectivity index (χ3n) is 5.69. The molecule has 0 fully saturated rings. The van der Waals surface area contributed by atoms with Crippen LogP contribution in [0.25, 0.3) is 11.1 Å². The Morgan fingerprint density at radius 1 is 1.06 bits per heavy atom. The summed E-state index contributed by atoms with van der Waals surface area (Å²) in [6, 6.07) is 8.37. The smallest absolute Gasteiger partial charge is 0.417 e. The Labute approximate surface area is 196 Å². The van der Waals surface area contributed by atoms with Gasteiger partial charge < -0.3 is 15.6 Å². The van der Waals surface area contributed by atoms with Crippen molar-refractivity contribution in [2.24, 2.45) is 0 Å². The second-order valence-electron chi connectivity index (χ2n) is 8.02. The maximum Gasteiger partial charge on any atom is 0.417 e. The van der Waals surface area contributed by atoms with Gasteiger partial charge in [-0.1, -0.05) is 6.07 Å². The standard InChI is InChI=1S/C25H19F5N2O3/c26-21-5-2-6-22(27)20(21)12-35-23-19(10-15(11-32-23)25(28,29)30)18-4-1-3-17(18)13-7-14(24(33)34)9-16(31)8-13/h2,5-11H,1,3-4,12,31H2,(H,33,34). The van der Waals surface area contributed by atoms with Gasteiger partial charge in [0.25, 0.3) is 0 Å². The minimum Gasteiger partial charge on any atom is -0.478 e. The molecule has 3 N–H and O–H groups in total. The maximum atomic E-state index is 14.0. The average molecular weight is 490 g/mol. The number of benzene rings is 2. The number of allylic oxidation sites excluding steroid dienone is 2. The fourth-order valence-corrected chi connectivity index (χ4v) is 4.06. The maximum absolute atomic E-state index is 14.0. The molecule has 4 rings (SSSR count). The Hall–Kier alpha value is -3.95. The van der Waals surface area contributed by atoms with Crippen LogP contribution in [0.5, 0.6) is 5.88 Å². The second kappa shape index (κ2) is 9.36. The van der Waals surface area contributed by atoms with Crippen molar-refractivity contribution in [2.45, 2.75) is 32.0 Å². The molecule has 5 nitrogen and oxygen atoms in total. The third kappa shape index (κ3) is 5.11. The molecule has 0 amide bonds. The fraction of sp³-hybridized carbons (Fsp3) is 0.200. The second-order valence-corrected chi connectivity index (χ2v) is 8.02. The zero-order valence-electron chi connectivity index (χ0n) is 18.1. The van der Waals surface area contributed by atoms with E-state index in [1.165, 1.54) is 18.2 Å². The van der Waals surface area contributed by atoms with Crippen LogP contribution in [0.15, 0.2) is 48.7 Å². The van der Waals surface area contributed by atoms with Gasteiger partial charge in [0.05, 0.1) is 16.7 Å². The summed E-state index contributed by atoms with van der Waals surface area (Å²) in [5, 5.41) is 9.36. The first-order valence-electron chi connectivity index (χ1n) is 10.5. The number of nitrogen functional groups attached to an aromatic ring is 1. The van der Waals surface area contributed by atoms with E-state index in [9.17, 15) is 31.9 Å². The predicted molar refractivity (Wildman–Crippen MR) is 118 cm³/mol. The van der Waals surface area contributed by atoms with E-state index in [1.54, 1.807) is 6.07 Å². The number of alkyl halides is 3. The van der Waals surface area contributed by atoms with Crippen LogP contribution in [0, 0.1) is 11.6 Å². The van der Waals surface area contributed by atoms with E-state index in [2.05, 4.69) is 4.98 Å². The summed E-state index contributed by atoms with van der Waals surface area (Å²) in [6.07, 6.45) is -2.70. The largest absolute Gasteiger partial charge is 0.478 e. The van der Waals surface area contributed by atoms with Crippen LogP contribution < -0.4 is 10.5 Å². The first kappa shape index (κ1) is 24.2. The zero-order chi connectivity index (χ0) is 25.3. The van der Waals surface area contributed by atoms with Crippen molar-refractivity contribution in [2.75, 3.05) is 5.73 Å². The van der Waals surface area contributed by atoms with Gasteiger partial charge in [-0.15, -0.1) is 0 Å². The van der Waals surface area contributed by atoms with Crippen molar-refractivity contribution < 1.29 is 36.6 Å². The molecule has 0 unspecified atom stereocenters. The molecule has 0 spiro atoms. The van der Waals surface area contributed by atoms with E-state index in [0.717, 1.165) is 18.2 Å². The van der Waals surface area contributed by atoms with Gasteiger partial charge in [0, 0.05) is 17.4 Å². The van der Waals surface area contributed by atoms with Crippen LogP contribution in [-0.2, 0) is 12.8 Å². The first-order chi connectivity index (χ1) is 16.5. The minimum atomic E-state index is -4.69. The number of anilines is 1. The van der Waals surface area contributed by atoms with Crippen LogP contribution in [0.2, 0.25) is 0 Å². The Morgan fingerprint density at radius 2 is 1.74 bits per heavy atom. The number of carboxylic acids is 1. The number of nitrogens with zero attached hydrogens (tertiary/aromatic N) is 1. The normalized spacial score (nSPS) is 13.9. The van der Waals surface area contributed by atoms with Crippen LogP contribution in [-0.4, -0.2) is 16.1 Å². The molecule has 0 saturated carbocycles. The molecule has 1 aliphatic carbocycles. The summed E-state index contributed by atoms with van der Waals surface area (Å²) < 4.78 is 74.0. The molecule has 1 aromatic heterocycles. The molecule has 3 aromatic rings. The summed E-state index contributed by atoms with van der Waals surface area (Å²) in [7, 11) is 0. The van der Waals surface area contributed by atoms with Gasteiger partial charge in [0.2, 0.25) is 5.88 Å². The Morgan fingerprint density at radius 3 is 2.40 bits per heavy atom. The van der Waals surface area contributed by atoms with Gasteiger partial charge in [0.1, 0.15) is 18.2 Å². The Kier molecular flexibility index (Phi) is 6.47. The molecule has 0 aliphatic heterocycles. The van der Waals surface area contributed by atoms with Crippen LogP contribution >= 0.6 is 0 Å². The van der Waals surface area contributed by atoms with Crippen molar-refractivity contribution >= 4 is 22.8 Å². The number of hydrogen-bond donors (Lipinski definition) is 2. The lowest BCUT2D eigenvalue weighted by Gasteiger charge is -2.17. The first-order valence-corrected chi connectivity index (χ1v) is 10.5. The highest BCUT2D eigenvalue weighted by molar-refractivity contribution is 5.97. The molecule has 35 heavy (non-hydrogen) atoms. The number of carbonyl (C=O) groups is 1. The number of aromatic carboxylic acids is 1. The van der Waals surface area contributed by atoms with E-state index in [4.69, 9.17) is 10.5 Å². The lowest BCUT2D eigenvalue weighted by molar-refractivity contribution is -0.137. The van der Waals surface area contributed by atoms with Gasteiger partial charge in [-0.05, 0) is 72.4 Å². The van der Waals surface area contributed by atoms with E-state index in [1.807, 2.05) is 0 Å². The van der Waals surface area contributed by atoms with E-state index in [-0.39, 0.29) is 28.3 Å². The van der Waals surface area contributed by atoms with Crippen molar-refractivity contribution in [1.29, 1.82) is 0 Å². The highest BCUT2D eigenvalue weighted by Crippen LogP contribution is 2.44. The third-order valence-corrected chi connectivity index (χ3v) is 5.69. The van der Waals surface area contributed by atoms with Crippen molar-refractivity contribution in [3.8, 4) is 5.88 Å². The Bertz CT molecular complexity index is 1310. The molecule has 1 heterocycles. The van der Waals surface area contributed by atoms with Crippen molar-refractivity contribution in [3.63, 3.8) is 0 Å². The number of hydrogen-bond acceptors (Lipinski definition) is 4. The monoisotopic (exact) mass is 490 g/mol. The van der Waals surface area contributed by atoms with Crippen LogP contribution in [0.1, 0.15) is 51.9 Å². The lowest BCUT2D eigenvalue weighted by atomic mass is 9.95. The van der Waals surface area contributed by atoms with Gasteiger partial charge in [-0.2, -0.15) is 13.2 Å². The summed E-state index contributed by atoms with van der Waals surface area (Å²) in [5.74, 6) is -3.15. The zero-order valence-corrected chi connectivity index (χ0v) is 18.1. The molecular weight excluding hydrogens is 471 g/mol. The van der Waals surface area contributed by atoms with Gasteiger partial charge in [-0.3, -0.25) is 0 Å². The van der Waals surface area contributed by atoms with Crippen molar-refractivity contribution in [1.82, 2.24) is 4.98 Å². The summed E-state index contributed by atoms with van der Waals surface area (Å²) >= 11 is 0. The molecular formula is C25H19F5N2O3. The number of ether oxygens (including phenoxy) is 1. The molecule has 10 heteroatoms. The molecule has 182 valence electrons. The molecule has 1 aliphatic rings. The quantitative estimate of drug-likeness (QED) is 0.311. The van der Waals surface area contributed by atoms with Gasteiger partial charge >= 0.3 is 12.1 Å². The summed E-state index contributed by atoms with van der Waals surface area (Å²) in [5.41, 5.74) is 6.12. The number of rotatable bonds is 6. The minimum absolute atomic E-state index is 0.0170.